The van der Waals surface area contributed by atoms with Crippen LogP contribution in [0.1, 0.15) is 74.5 Å². The number of nitrogens with zero attached hydrogens (tertiary/aromatic N) is 1. The number of nitrogen functional groups attached to an aromatic ring is 1. The molecular weight excluding hydrogens is 554 g/mol. The number of aliphatic hydroxyl groups excluding tert-OH is 1. The zero-order valence-electron chi connectivity index (χ0n) is 22.2. The maximum Gasteiger partial charge on any atom is 0.202 e. The molecule has 13 heteroatoms. The minimum atomic E-state index is -1.73. The van der Waals surface area contributed by atoms with Crippen LogP contribution in [-0.2, 0) is 21.5 Å². The van der Waals surface area contributed by atoms with Crippen LogP contribution in [0.4, 0.5) is 5.13 Å². The van der Waals surface area contributed by atoms with Crippen LogP contribution in [0.15, 0.2) is 23.6 Å². The van der Waals surface area contributed by atoms with Crippen molar-refractivity contribution in [1.29, 1.82) is 0 Å². The van der Waals surface area contributed by atoms with Crippen molar-refractivity contribution in [2.75, 3.05) is 12.8 Å². The summed E-state index contributed by atoms with van der Waals surface area (Å²) < 4.78 is 17.4. The molecule has 3 aromatic rings. The Balaban J connectivity index is 1.53. The summed E-state index contributed by atoms with van der Waals surface area (Å²) in [5, 5.41) is 47.1. The Morgan fingerprint density at radius 2 is 1.88 bits per heavy atom. The first-order valence-electron chi connectivity index (χ1n) is 13.0. The number of aliphatic hydroxyl groups is 2. The lowest BCUT2D eigenvalue weighted by Crippen LogP contribution is -2.52. The molecule has 0 radical (unpaired) electrons. The van der Waals surface area contributed by atoms with E-state index in [1.165, 1.54) is 19.2 Å². The number of ketones is 2. The van der Waals surface area contributed by atoms with E-state index in [2.05, 4.69) is 4.98 Å². The molecule has 6 atom stereocenters. The quantitative estimate of drug-likeness (QED) is 0.190. The lowest BCUT2D eigenvalue weighted by Gasteiger charge is -2.42. The number of thiazole rings is 1. The molecule has 0 amide bonds. The molecule has 1 fully saturated rings. The third kappa shape index (κ3) is 4.19. The van der Waals surface area contributed by atoms with E-state index in [9.17, 15) is 30.0 Å². The van der Waals surface area contributed by atoms with E-state index in [4.69, 9.17) is 25.7 Å². The number of rotatable bonds is 4. The first-order chi connectivity index (χ1) is 19.4. The van der Waals surface area contributed by atoms with Crippen LogP contribution in [0.5, 0.6) is 17.2 Å². The summed E-state index contributed by atoms with van der Waals surface area (Å²) in [6.07, 6.45) is -4.03. The smallest absolute Gasteiger partial charge is 0.202 e. The molecule has 1 saturated heterocycles. The predicted octanol–water partition coefficient (Wildman–Crippen LogP) is 1.64. The van der Waals surface area contributed by atoms with Crippen molar-refractivity contribution in [3.8, 4) is 17.2 Å². The van der Waals surface area contributed by atoms with E-state index < -0.39 is 59.3 Å². The Hall–Kier alpha value is -3.59. The number of methoxy groups -OCH3 is 1. The van der Waals surface area contributed by atoms with E-state index in [0.29, 0.717) is 0 Å². The van der Waals surface area contributed by atoms with E-state index in [1.54, 1.807) is 18.4 Å². The van der Waals surface area contributed by atoms with Crippen molar-refractivity contribution >= 4 is 28.0 Å². The molecule has 12 nitrogen and oxygen atoms in total. The average molecular weight is 584 g/mol. The van der Waals surface area contributed by atoms with E-state index in [-0.39, 0.29) is 69.2 Å². The van der Waals surface area contributed by atoms with Gasteiger partial charge in [0.2, 0.25) is 5.78 Å². The van der Waals surface area contributed by atoms with Crippen molar-refractivity contribution in [2.45, 2.75) is 62.4 Å². The number of fused-ring (bicyclic) bond motifs is 3. The van der Waals surface area contributed by atoms with Crippen LogP contribution >= 0.6 is 11.3 Å². The second kappa shape index (κ2) is 9.76. The molecule has 1 aliphatic heterocycles. The number of carbonyl (C=O) groups excluding carboxylic acids is 2. The van der Waals surface area contributed by atoms with E-state index >= 15 is 0 Å². The first-order valence-corrected chi connectivity index (χ1v) is 13.9. The van der Waals surface area contributed by atoms with Gasteiger partial charge in [-0.3, -0.25) is 9.59 Å². The lowest BCUT2D eigenvalue weighted by atomic mass is 9.72. The molecule has 216 valence electrons. The van der Waals surface area contributed by atoms with Crippen LogP contribution in [0, 0.1) is 0 Å². The van der Waals surface area contributed by atoms with Crippen LogP contribution < -0.4 is 16.2 Å². The summed E-state index contributed by atoms with van der Waals surface area (Å²) in [6.45, 7) is 1.64. The Labute approximate surface area is 238 Å². The fourth-order valence-corrected chi connectivity index (χ4v) is 6.74. The topological polar surface area (TPSA) is 208 Å². The number of phenolic OH excluding ortho intramolecular Hbond substituents is 2. The van der Waals surface area contributed by atoms with Crippen LogP contribution in [0.2, 0.25) is 0 Å². The number of anilines is 1. The average Bonchev–Trinajstić information content (AvgIpc) is 3.38. The molecular formula is C28H29N3O9S. The van der Waals surface area contributed by atoms with Crippen molar-refractivity contribution in [3.63, 3.8) is 0 Å². The minimum absolute atomic E-state index is 0.0137. The molecule has 8 N–H and O–H groups in total. The van der Waals surface area contributed by atoms with Crippen LogP contribution in [0.3, 0.4) is 0 Å². The largest absolute Gasteiger partial charge is 0.507 e. The molecule has 2 aliphatic carbocycles. The van der Waals surface area contributed by atoms with Gasteiger partial charge in [-0.05, 0) is 13.0 Å². The van der Waals surface area contributed by atoms with E-state index in [1.807, 2.05) is 0 Å². The number of phenols is 2. The van der Waals surface area contributed by atoms with Crippen LogP contribution in [-0.4, -0.2) is 68.6 Å². The molecule has 0 saturated carbocycles. The van der Waals surface area contributed by atoms with Crippen molar-refractivity contribution in [2.24, 2.45) is 5.73 Å². The summed E-state index contributed by atoms with van der Waals surface area (Å²) >= 11 is 1.12. The lowest BCUT2D eigenvalue weighted by molar-refractivity contribution is -0.248. The highest BCUT2D eigenvalue weighted by atomic mass is 32.1. The van der Waals surface area contributed by atoms with Crippen molar-refractivity contribution in [1.82, 2.24) is 4.98 Å². The van der Waals surface area contributed by atoms with Gasteiger partial charge in [-0.1, -0.05) is 12.1 Å². The normalized spacial score (nSPS) is 29.0. The molecule has 3 aliphatic rings. The van der Waals surface area contributed by atoms with Gasteiger partial charge in [0.25, 0.3) is 0 Å². The fraction of sp³-hybridized carbons (Fsp3) is 0.393. The predicted molar refractivity (Wildman–Crippen MR) is 145 cm³/mol. The van der Waals surface area contributed by atoms with Gasteiger partial charge in [0.1, 0.15) is 22.8 Å². The standard InChI is InChI=1S/C28H29N3O9S/c1-10-22(32)13(29)6-17(39-10)40-15-8-28(37,16-9-41-27(30)31-16)7-12-19(15)26(36)21-20(24(12)34)23(33)11-4-3-5-14(38-2)18(11)25(21)35/h3-5,9-10,13,15,17,22,32,34,36-37H,6-8,29H2,1-2H3,(H2,30,31)/t10?,13?,15-,17?,22?,28-/m0/s1. The number of benzene rings is 2. The van der Waals surface area contributed by atoms with Crippen LogP contribution in [0.25, 0.3) is 0 Å². The highest BCUT2D eigenvalue weighted by molar-refractivity contribution is 7.13. The van der Waals surface area contributed by atoms with Crippen molar-refractivity contribution < 1.29 is 44.2 Å². The highest BCUT2D eigenvalue weighted by Gasteiger charge is 2.49. The molecule has 2 heterocycles. The number of ether oxygens (including phenoxy) is 3. The van der Waals surface area contributed by atoms with Crippen molar-refractivity contribution in [3.05, 3.63) is 62.7 Å². The van der Waals surface area contributed by atoms with Gasteiger partial charge in [0.05, 0.1) is 47.8 Å². The highest BCUT2D eigenvalue weighted by Crippen LogP contribution is 2.54. The molecule has 2 aromatic carbocycles. The Kier molecular flexibility index (Phi) is 6.56. The second-order valence-electron chi connectivity index (χ2n) is 10.6. The molecule has 0 spiro atoms. The number of aromatic hydroxyl groups is 2. The summed E-state index contributed by atoms with van der Waals surface area (Å²) in [4.78, 5) is 31.7. The number of nitrogens with two attached hydrogens (primary N) is 2. The van der Waals surface area contributed by atoms with Gasteiger partial charge in [-0.15, -0.1) is 11.3 Å². The Morgan fingerprint density at radius 1 is 1.15 bits per heavy atom. The fourth-order valence-electron chi connectivity index (χ4n) is 6.09. The summed E-state index contributed by atoms with van der Waals surface area (Å²) in [6, 6.07) is 3.84. The van der Waals surface area contributed by atoms with Gasteiger partial charge in [0, 0.05) is 47.4 Å². The monoisotopic (exact) mass is 583 g/mol. The number of hydrogen-bond acceptors (Lipinski definition) is 13. The summed E-state index contributed by atoms with van der Waals surface area (Å²) in [5.41, 5.74) is 9.70. The summed E-state index contributed by atoms with van der Waals surface area (Å²) in [7, 11) is 1.36. The molecule has 0 bridgehead atoms. The van der Waals surface area contributed by atoms with Gasteiger partial charge in [-0.25, -0.2) is 4.98 Å². The number of aromatic nitrogens is 1. The van der Waals surface area contributed by atoms with Gasteiger partial charge in [-0.2, -0.15) is 0 Å². The molecule has 4 unspecified atom stereocenters. The Morgan fingerprint density at radius 3 is 2.54 bits per heavy atom. The first kappa shape index (κ1) is 27.6. The molecule has 1 aromatic heterocycles. The summed E-state index contributed by atoms with van der Waals surface area (Å²) in [5.74, 6) is -2.36. The van der Waals surface area contributed by atoms with Gasteiger partial charge < -0.3 is 46.1 Å². The third-order valence-corrected chi connectivity index (χ3v) is 8.82. The maximum absolute atomic E-state index is 13.8. The third-order valence-electron chi connectivity index (χ3n) is 8.14. The zero-order valence-corrected chi connectivity index (χ0v) is 23.0. The Bertz CT molecular complexity index is 1580. The van der Waals surface area contributed by atoms with E-state index in [0.717, 1.165) is 11.3 Å². The molecule has 6 rings (SSSR count). The zero-order chi connectivity index (χ0) is 29.4. The van der Waals surface area contributed by atoms with Gasteiger partial charge in [0.15, 0.2) is 17.2 Å². The SMILES string of the molecule is COc1cccc2c1C(=O)c1c(O)c3c(c(O)c1C2=O)C[C@@](O)(c1csc(N)n1)C[C@@H]3OC1CC(N)C(O)C(C)O1. The maximum atomic E-state index is 13.8. The minimum Gasteiger partial charge on any atom is -0.507 e. The number of hydrogen-bond donors (Lipinski definition) is 6. The number of carbonyl (C=O) groups is 2. The molecule has 41 heavy (non-hydrogen) atoms. The second-order valence-corrected chi connectivity index (χ2v) is 11.5. The van der Waals surface area contributed by atoms with Gasteiger partial charge >= 0.3 is 0 Å².